The van der Waals surface area contributed by atoms with Crippen molar-refractivity contribution in [2.75, 3.05) is 21.0 Å². The Morgan fingerprint density at radius 2 is 1.57 bits per heavy atom. The summed E-state index contributed by atoms with van der Waals surface area (Å²) in [6.45, 7) is 3.97. The third-order valence-electron chi connectivity index (χ3n) is 6.36. The van der Waals surface area contributed by atoms with Crippen LogP contribution in [-0.2, 0) is 5.60 Å². The molecule has 5 nitrogen and oxygen atoms in total. The fourth-order valence-corrected chi connectivity index (χ4v) is 5.17. The van der Waals surface area contributed by atoms with Crippen molar-refractivity contribution in [1.82, 2.24) is 0 Å². The summed E-state index contributed by atoms with van der Waals surface area (Å²) in [6, 6.07) is 10.7. The van der Waals surface area contributed by atoms with Crippen LogP contribution in [0.1, 0.15) is 25.0 Å². The van der Waals surface area contributed by atoms with E-state index in [2.05, 4.69) is 0 Å². The Bertz CT molecular complexity index is 931. The Kier molecular flexibility index (Phi) is 4.42. The van der Waals surface area contributed by atoms with Crippen molar-refractivity contribution in [3.05, 3.63) is 47.5 Å². The Balaban J connectivity index is 1.93. The molecule has 2 aromatic rings. The second kappa shape index (κ2) is 6.34. The van der Waals surface area contributed by atoms with Crippen LogP contribution in [0.2, 0.25) is 0 Å². The van der Waals surface area contributed by atoms with E-state index in [0.29, 0.717) is 34.1 Å². The number of hydrogen-bond donors (Lipinski definition) is 1. The fourth-order valence-electron chi connectivity index (χ4n) is 4.24. The zero-order valence-corrected chi connectivity index (χ0v) is 17.6. The molecule has 4 rings (SSSR count). The zero-order valence-electron chi connectivity index (χ0n) is 16.1. The lowest BCUT2D eigenvalue weighted by Crippen LogP contribution is -2.40. The molecule has 3 atom stereocenters. The van der Waals surface area contributed by atoms with Gasteiger partial charge >= 0.3 is 0 Å². The lowest BCUT2D eigenvalue weighted by atomic mass is 9.73. The Hall–Kier alpha value is -1.82. The first-order valence-electron chi connectivity index (χ1n) is 8.94. The number of aliphatic hydroxyl groups is 1. The van der Waals surface area contributed by atoms with E-state index in [1.807, 2.05) is 19.9 Å². The predicted molar refractivity (Wildman–Crippen MR) is 107 cm³/mol. The van der Waals surface area contributed by atoms with Gasteiger partial charge in [0.05, 0.1) is 14.2 Å². The van der Waals surface area contributed by atoms with Crippen molar-refractivity contribution >= 4 is 23.2 Å². The lowest BCUT2D eigenvalue weighted by Gasteiger charge is -2.37. The van der Waals surface area contributed by atoms with Gasteiger partial charge < -0.3 is 24.1 Å². The largest absolute Gasteiger partial charge is 0.493 e. The van der Waals surface area contributed by atoms with Gasteiger partial charge in [0.15, 0.2) is 23.0 Å². The molecule has 0 spiro atoms. The van der Waals surface area contributed by atoms with Gasteiger partial charge in [0.25, 0.3) is 0 Å². The van der Waals surface area contributed by atoms with Crippen molar-refractivity contribution in [3.8, 4) is 23.0 Å². The Morgan fingerprint density at radius 3 is 2.18 bits per heavy atom. The van der Waals surface area contributed by atoms with Gasteiger partial charge in [-0.2, -0.15) is 0 Å². The minimum Gasteiger partial charge on any atom is -0.493 e. The van der Waals surface area contributed by atoms with Crippen LogP contribution in [-0.4, -0.2) is 30.5 Å². The van der Waals surface area contributed by atoms with Crippen LogP contribution in [0.15, 0.2) is 36.4 Å². The van der Waals surface area contributed by atoms with Gasteiger partial charge in [-0.25, -0.2) is 0 Å². The summed E-state index contributed by atoms with van der Waals surface area (Å²) >= 11 is 13.3. The molecular formula is C21H22Cl2O5. The van der Waals surface area contributed by atoms with Crippen LogP contribution in [0.5, 0.6) is 23.0 Å². The number of hydrogen-bond acceptors (Lipinski definition) is 5. The van der Waals surface area contributed by atoms with E-state index in [-0.39, 0.29) is 12.7 Å². The van der Waals surface area contributed by atoms with Crippen molar-refractivity contribution in [2.24, 2.45) is 11.3 Å². The number of halogens is 2. The van der Waals surface area contributed by atoms with Crippen molar-refractivity contribution in [3.63, 3.8) is 0 Å². The maximum atomic E-state index is 12.2. The van der Waals surface area contributed by atoms with Gasteiger partial charge in [-0.15, -0.1) is 23.2 Å². The van der Waals surface area contributed by atoms with Crippen LogP contribution in [0.3, 0.4) is 0 Å². The first-order chi connectivity index (χ1) is 13.2. The van der Waals surface area contributed by atoms with E-state index in [4.69, 9.17) is 42.1 Å². The Labute approximate surface area is 174 Å². The fraction of sp³-hybridized carbons (Fsp3) is 0.429. The van der Waals surface area contributed by atoms with Crippen molar-refractivity contribution in [1.29, 1.82) is 0 Å². The van der Waals surface area contributed by atoms with Crippen molar-refractivity contribution < 1.29 is 24.1 Å². The smallest absolute Gasteiger partial charge is 0.231 e. The standard InChI is InChI=1S/C21H22Cl2O5/c1-12-19(2,21(12,22)23)20(24,13-5-7-15(25-3)17(9-13)26-4)14-6-8-16-18(10-14)28-11-27-16/h5-10,12,24H,11H2,1-4H3/t12-,19-,20-/m0/s1. The first kappa shape index (κ1) is 19.5. The summed E-state index contributed by atoms with van der Waals surface area (Å²) in [5, 5.41) is 12.2. The molecule has 1 heterocycles. The molecule has 2 aromatic carbocycles. The normalized spacial score (nSPS) is 26.5. The minimum atomic E-state index is -1.50. The monoisotopic (exact) mass is 424 g/mol. The highest BCUT2D eigenvalue weighted by Crippen LogP contribution is 2.76. The SMILES string of the molecule is COc1ccc([C@](O)(c2ccc3c(c2)OCO3)[C@]2(C)[C@H](C)C2(Cl)Cl)cc1OC. The van der Waals surface area contributed by atoms with E-state index in [9.17, 15) is 5.11 Å². The molecule has 1 aliphatic carbocycles. The van der Waals surface area contributed by atoms with E-state index in [1.165, 1.54) is 0 Å². The molecule has 1 aliphatic heterocycles. The van der Waals surface area contributed by atoms with Crippen LogP contribution in [0.4, 0.5) is 0 Å². The quantitative estimate of drug-likeness (QED) is 0.716. The van der Waals surface area contributed by atoms with E-state index < -0.39 is 15.3 Å². The molecule has 1 N–H and O–H groups in total. The highest BCUT2D eigenvalue weighted by atomic mass is 35.5. The molecule has 0 radical (unpaired) electrons. The maximum Gasteiger partial charge on any atom is 0.231 e. The highest BCUT2D eigenvalue weighted by Gasteiger charge is 2.79. The summed E-state index contributed by atoms with van der Waals surface area (Å²) in [4.78, 5) is 0. The number of benzene rings is 2. The summed E-state index contributed by atoms with van der Waals surface area (Å²) < 4.78 is 20.6. The van der Waals surface area contributed by atoms with E-state index in [1.54, 1.807) is 44.6 Å². The molecule has 0 saturated heterocycles. The van der Waals surface area contributed by atoms with Gasteiger partial charge in [0.1, 0.15) is 9.93 Å². The number of methoxy groups -OCH3 is 2. The lowest BCUT2D eigenvalue weighted by molar-refractivity contribution is 0.00121. The maximum absolute atomic E-state index is 12.2. The summed E-state index contributed by atoms with van der Waals surface area (Å²) in [5.41, 5.74) is -1.14. The minimum absolute atomic E-state index is 0.149. The van der Waals surface area contributed by atoms with Crippen LogP contribution < -0.4 is 18.9 Å². The van der Waals surface area contributed by atoms with Crippen LogP contribution in [0.25, 0.3) is 0 Å². The number of fused-ring (bicyclic) bond motifs is 1. The molecule has 0 unspecified atom stereocenters. The molecule has 0 amide bonds. The number of alkyl halides is 2. The van der Waals surface area contributed by atoms with E-state index in [0.717, 1.165) is 0 Å². The molecule has 0 aromatic heterocycles. The molecular weight excluding hydrogens is 403 g/mol. The highest BCUT2D eigenvalue weighted by molar-refractivity contribution is 6.52. The molecule has 1 saturated carbocycles. The molecule has 28 heavy (non-hydrogen) atoms. The topological polar surface area (TPSA) is 57.2 Å². The van der Waals surface area contributed by atoms with Gasteiger partial charge in [0, 0.05) is 11.3 Å². The van der Waals surface area contributed by atoms with Gasteiger partial charge in [-0.3, -0.25) is 0 Å². The summed E-state index contributed by atoms with van der Waals surface area (Å²) in [5.74, 6) is 2.12. The zero-order chi connectivity index (χ0) is 20.3. The molecule has 7 heteroatoms. The third-order valence-corrected chi connectivity index (χ3v) is 7.80. The van der Waals surface area contributed by atoms with Crippen molar-refractivity contribution in [2.45, 2.75) is 23.8 Å². The predicted octanol–water partition coefficient (Wildman–Crippen LogP) is 4.50. The number of ether oxygens (including phenoxy) is 4. The second-order valence-corrected chi connectivity index (χ2v) is 8.78. The van der Waals surface area contributed by atoms with Crippen LogP contribution in [0, 0.1) is 11.3 Å². The molecule has 1 fully saturated rings. The summed E-state index contributed by atoms with van der Waals surface area (Å²) in [7, 11) is 3.12. The molecule has 150 valence electrons. The van der Waals surface area contributed by atoms with Gasteiger partial charge in [0.2, 0.25) is 6.79 Å². The first-order valence-corrected chi connectivity index (χ1v) is 9.70. The summed E-state index contributed by atoms with van der Waals surface area (Å²) in [6.07, 6.45) is 0. The van der Waals surface area contributed by atoms with Gasteiger partial charge in [-0.1, -0.05) is 26.0 Å². The second-order valence-electron chi connectivity index (χ2n) is 7.40. The average Bonchev–Trinajstić information content (AvgIpc) is 3.05. The van der Waals surface area contributed by atoms with E-state index >= 15 is 0 Å². The van der Waals surface area contributed by atoms with Crippen LogP contribution >= 0.6 is 23.2 Å². The number of rotatable bonds is 5. The molecule has 0 bridgehead atoms. The molecule has 2 aliphatic rings. The van der Waals surface area contributed by atoms with Gasteiger partial charge in [-0.05, 0) is 35.4 Å². The third kappa shape index (κ3) is 2.36. The Morgan fingerprint density at radius 1 is 1.00 bits per heavy atom. The average molecular weight is 425 g/mol.